The van der Waals surface area contributed by atoms with E-state index in [2.05, 4.69) is 54.3 Å². The van der Waals surface area contributed by atoms with Gasteiger partial charge in [-0.05, 0) is 28.7 Å². The Bertz CT molecular complexity index is 555. The molecule has 18 heavy (non-hydrogen) atoms. The fourth-order valence-electron chi connectivity index (χ4n) is 4.04. The largest absolute Gasteiger partial charge is 0.357 e. The van der Waals surface area contributed by atoms with Crippen molar-refractivity contribution >= 4 is 0 Å². The van der Waals surface area contributed by atoms with Gasteiger partial charge in [0, 0.05) is 17.8 Å². The summed E-state index contributed by atoms with van der Waals surface area (Å²) in [5.74, 6) is 1.91. The van der Waals surface area contributed by atoms with Crippen LogP contribution in [0.5, 0.6) is 0 Å². The fourth-order valence-corrected chi connectivity index (χ4v) is 4.04. The van der Waals surface area contributed by atoms with Crippen LogP contribution in [0, 0.1) is 5.92 Å². The molecule has 0 saturated heterocycles. The Balaban J connectivity index is 2.00. The van der Waals surface area contributed by atoms with Gasteiger partial charge >= 0.3 is 0 Å². The second-order valence-electron chi connectivity index (χ2n) is 5.57. The van der Waals surface area contributed by atoms with Crippen molar-refractivity contribution in [3.63, 3.8) is 0 Å². The van der Waals surface area contributed by atoms with E-state index in [4.69, 9.17) is 0 Å². The van der Waals surface area contributed by atoms with Crippen molar-refractivity contribution in [3.8, 4) is 0 Å². The highest BCUT2D eigenvalue weighted by Crippen LogP contribution is 2.54. The maximum atomic E-state index is 4.17. The third kappa shape index (κ3) is 1.20. The number of quaternary nitrogens is 1. The zero-order valence-electron chi connectivity index (χ0n) is 10.5. The lowest BCUT2D eigenvalue weighted by Crippen LogP contribution is -2.56. The van der Waals surface area contributed by atoms with Crippen LogP contribution in [0.4, 0.5) is 0 Å². The maximum Gasteiger partial charge on any atom is 0.0777 e. The van der Waals surface area contributed by atoms with Crippen LogP contribution in [0.3, 0.4) is 0 Å². The molecule has 2 aromatic carbocycles. The molecule has 0 aliphatic heterocycles. The summed E-state index contributed by atoms with van der Waals surface area (Å²) in [6, 6.07) is 18.0. The molecule has 1 atom stereocenters. The van der Waals surface area contributed by atoms with Gasteiger partial charge in [-0.2, -0.15) is 0 Å². The lowest BCUT2D eigenvalue weighted by Gasteiger charge is -2.44. The van der Waals surface area contributed by atoms with Gasteiger partial charge in [0.2, 0.25) is 0 Å². The normalized spacial score (nSPS) is 27.7. The van der Waals surface area contributed by atoms with Gasteiger partial charge in [-0.15, -0.1) is 0 Å². The summed E-state index contributed by atoms with van der Waals surface area (Å²) in [4.78, 5) is 0. The quantitative estimate of drug-likeness (QED) is 0.788. The molecule has 0 fully saturated rings. The van der Waals surface area contributed by atoms with E-state index in [9.17, 15) is 0 Å². The molecule has 0 heterocycles. The van der Waals surface area contributed by atoms with Gasteiger partial charge in [0.1, 0.15) is 0 Å². The van der Waals surface area contributed by atoms with Gasteiger partial charge in [-0.25, -0.2) is 0 Å². The Hall–Kier alpha value is -1.60. The van der Waals surface area contributed by atoms with Gasteiger partial charge in [0.05, 0.1) is 6.54 Å². The predicted octanol–water partition coefficient (Wildman–Crippen LogP) is 2.53. The number of rotatable bonds is 1. The third-order valence-electron chi connectivity index (χ3n) is 4.79. The average Bonchev–Trinajstić information content (AvgIpc) is 2.47. The highest BCUT2D eigenvalue weighted by molar-refractivity contribution is 5.55. The Morgan fingerprint density at radius 1 is 0.833 bits per heavy atom. The average molecular weight is 236 g/mol. The van der Waals surface area contributed by atoms with E-state index in [1.165, 1.54) is 6.42 Å². The van der Waals surface area contributed by atoms with Gasteiger partial charge in [-0.1, -0.05) is 48.5 Å². The third-order valence-corrected chi connectivity index (χ3v) is 4.79. The summed E-state index contributed by atoms with van der Waals surface area (Å²) in [6.07, 6.45) is 1.28. The van der Waals surface area contributed by atoms with Crippen LogP contribution in [-0.4, -0.2) is 6.54 Å². The summed E-state index contributed by atoms with van der Waals surface area (Å²) >= 11 is 0. The summed E-state index contributed by atoms with van der Waals surface area (Å²) in [6.45, 7) is 1.05. The first-order chi connectivity index (χ1) is 8.90. The van der Waals surface area contributed by atoms with Crippen molar-refractivity contribution < 1.29 is 5.73 Å². The molecule has 0 radical (unpaired) electrons. The first kappa shape index (κ1) is 10.3. The van der Waals surface area contributed by atoms with E-state index < -0.39 is 0 Å². The molecule has 1 heteroatoms. The number of hydrogen-bond acceptors (Lipinski definition) is 0. The minimum atomic E-state index is 0.583. The molecule has 0 aromatic heterocycles. The highest BCUT2D eigenvalue weighted by Gasteiger charge is 2.42. The molecule has 3 N–H and O–H groups in total. The zero-order chi connectivity index (χ0) is 12.1. The van der Waals surface area contributed by atoms with Crippen LogP contribution in [0.15, 0.2) is 48.5 Å². The molecule has 2 bridgehead atoms. The lowest BCUT2D eigenvalue weighted by atomic mass is 9.59. The van der Waals surface area contributed by atoms with Gasteiger partial charge in [0.25, 0.3) is 0 Å². The zero-order valence-corrected chi connectivity index (χ0v) is 10.5. The van der Waals surface area contributed by atoms with E-state index in [1.807, 2.05) is 0 Å². The SMILES string of the molecule is [NH3+]C[C@H]1CC2c3ccccc3C1c1ccccc12. The molecule has 0 saturated carbocycles. The van der Waals surface area contributed by atoms with E-state index in [0.29, 0.717) is 11.8 Å². The van der Waals surface area contributed by atoms with Crippen LogP contribution >= 0.6 is 0 Å². The molecule has 3 aliphatic carbocycles. The molecule has 0 amide bonds. The Labute approximate surface area is 108 Å². The van der Waals surface area contributed by atoms with E-state index in [1.54, 1.807) is 22.3 Å². The molecular formula is C17H18N+. The van der Waals surface area contributed by atoms with Crippen molar-refractivity contribution in [2.75, 3.05) is 6.54 Å². The van der Waals surface area contributed by atoms with Crippen molar-refractivity contribution in [1.29, 1.82) is 0 Å². The van der Waals surface area contributed by atoms with Crippen LogP contribution in [-0.2, 0) is 0 Å². The predicted molar refractivity (Wildman–Crippen MR) is 72.4 cm³/mol. The van der Waals surface area contributed by atoms with Crippen molar-refractivity contribution in [2.45, 2.75) is 18.3 Å². The standard InChI is InChI=1S/C17H17N/c18-10-11-9-16-12-5-1-3-7-14(12)17(11)15-8-4-2-6-13(15)16/h1-8,11,16-17H,9-10,18H2/p+1/t11-,16?,17?/m1/s1. The van der Waals surface area contributed by atoms with Gasteiger partial charge < -0.3 is 5.73 Å². The van der Waals surface area contributed by atoms with E-state index in [-0.39, 0.29) is 0 Å². The summed E-state index contributed by atoms with van der Waals surface area (Å²) in [5.41, 5.74) is 10.4. The summed E-state index contributed by atoms with van der Waals surface area (Å²) < 4.78 is 0. The van der Waals surface area contributed by atoms with Crippen molar-refractivity contribution in [2.24, 2.45) is 5.92 Å². The van der Waals surface area contributed by atoms with Crippen LogP contribution in [0.1, 0.15) is 40.5 Å². The first-order valence-corrected chi connectivity index (χ1v) is 6.87. The summed E-state index contributed by atoms with van der Waals surface area (Å²) in [5, 5.41) is 0. The summed E-state index contributed by atoms with van der Waals surface area (Å²) in [7, 11) is 0. The highest BCUT2D eigenvalue weighted by atomic mass is 14.6. The molecule has 5 rings (SSSR count). The van der Waals surface area contributed by atoms with E-state index in [0.717, 1.165) is 12.5 Å². The molecule has 3 aliphatic rings. The van der Waals surface area contributed by atoms with Gasteiger partial charge in [0.15, 0.2) is 0 Å². The molecular weight excluding hydrogens is 218 g/mol. The minimum Gasteiger partial charge on any atom is -0.357 e. The molecule has 0 spiro atoms. The molecule has 2 aromatic rings. The van der Waals surface area contributed by atoms with Crippen LogP contribution < -0.4 is 5.73 Å². The fraction of sp³-hybridized carbons (Fsp3) is 0.294. The first-order valence-electron chi connectivity index (χ1n) is 6.87. The number of benzene rings is 2. The topological polar surface area (TPSA) is 27.6 Å². The second-order valence-corrected chi connectivity index (χ2v) is 5.57. The molecule has 1 nitrogen and oxygen atoms in total. The Kier molecular flexibility index (Phi) is 2.12. The van der Waals surface area contributed by atoms with Crippen LogP contribution in [0.25, 0.3) is 0 Å². The Morgan fingerprint density at radius 2 is 1.33 bits per heavy atom. The number of hydrogen-bond donors (Lipinski definition) is 1. The molecule has 0 unspecified atom stereocenters. The smallest absolute Gasteiger partial charge is 0.0777 e. The van der Waals surface area contributed by atoms with E-state index >= 15 is 0 Å². The van der Waals surface area contributed by atoms with Crippen LogP contribution in [0.2, 0.25) is 0 Å². The number of fused-ring (bicyclic) bond motifs is 1. The lowest BCUT2D eigenvalue weighted by molar-refractivity contribution is -0.381. The van der Waals surface area contributed by atoms with Gasteiger partial charge in [-0.3, -0.25) is 0 Å². The second kappa shape index (κ2) is 3.69. The Morgan fingerprint density at radius 3 is 1.83 bits per heavy atom. The van der Waals surface area contributed by atoms with Crippen molar-refractivity contribution in [3.05, 3.63) is 70.8 Å². The minimum absolute atomic E-state index is 0.583. The maximum absolute atomic E-state index is 4.17. The van der Waals surface area contributed by atoms with Crippen molar-refractivity contribution in [1.82, 2.24) is 0 Å². The molecule has 90 valence electrons. The monoisotopic (exact) mass is 236 g/mol.